The minimum atomic E-state index is -2.54. The fraction of sp³-hybridized carbons (Fsp3) is 0.167. The molecule has 0 radical (unpaired) electrons. The maximum atomic E-state index is 13.2. The van der Waals surface area contributed by atoms with Gasteiger partial charge in [-0.2, -0.15) is 0 Å². The largest absolute Gasteiger partial charge is 0.357 e. The second-order valence-corrected chi connectivity index (χ2v) is 3.68. The van der Waals surface area contributed by atoms with Crippen molar-refractivity contribution in [3.8, 4) is 0 Å². The zero-order valence-electron chi connectivity index (χ0n) is 8.27. The molecule has 0 heterocycles. The predicted octanol–water partition coefficient (Wildman–Crippen LogP) is 2.01. The van der Waals surface area contributed by atoms with E-state index in [1.165, 1.54) is 24.3 Å². The van der Waals surface area contributed by atoms with Crippen LogP contribution in [-0.4, -0.2) is 16.0 Å². The van der Waals surface area contributed by atoms with Crippen LogP contribution in [0.25, 0.3) is 0 Å². The minimum Gasteiger partial charge on any atom is -0.357 e. The van der Waals surface area contributed by atoms with E-state index in [9.17, 15) is 8.78 Å². The lowest BCUT2D eigenvalue weighted by molar-refractivity contribution is -0.101. The summed E-state index contributed by atoms with van der Waals surface area (Å²) in [4.78, 5) is 0. The molecule has 1 aliphatic carbocycles. The summed E-state index contributed by atoms with van der Waals surface area (Å²) in [6, 6.07) is 5.73. The van der Waals surface area contributed by atoms with Gasteiger partial charge in [0.25, 0.3) is 0 Å². The highest BCUT2D eigenvalue weighted by Crippen LogP contribution is 2.31. The van der Waals surface area contributed by atoms with Crippen molar-refractivity contribution in [2.45, 2.75) is 11.7 Å². The molecule has 0 amide bonds. The first-order valence-electron chi connectivity index (χ1n) is 4.76. The lowest BCUT2D eigenvalue weighted by Crippen LogP contribution is -2.28. The highest BCUT2D eigenvalue weighted by Gasteiger charge is 2.30. The normalized spacial score (nSPS) is 23.0. The molecule has 16 heavy (non-hydrogen) atoms. The summed E-state index contributed by atoms with van der Waals surface area (Å²) < 4.78 is 26.1. The van der Waals surface area contributed by atoms with Crippen LogP contribution in [-0.2, 0) is 0 Å². The third kappa shape index (κ3) is 2.03. The van der Waals surface area contributed by atoms with Crippen molar-refractivity contribution < 1.29 is 19.0 Å². The molecule has 1 unspecified atom stereocenters. The van der Waals surface area contributed by atoms with Gasteiger partial charge in [-0.05, 0) is 29.8 Å². The van der Waals surface area contributed by atoms with Gasteiger partial charge in [-0.25, -0.2) is 8.78 Å². The van der Waals surface area contributed by atoms with E-state index in [1.54, 1.807) is 6.07 Å². The molecular formula is C12H10F2O2. The second kappa shape index (κ2) is 3.81. The number of allylic oxidation sites excluding steroid dienone is 2. The molecule has 2 N–H and O–H groups in total. The van der Waals surface area contributed by atoms with E-state index in [4.69, 9.17) is 10.2 Å². The molecule has 2 rings (SSSR count). The van der Waals surface area contributed by atoms with Gasteiger partial charge in [0.1, 0.15) is 5.82 Å². The first kappa shape index (κ1) is 11.0. The standard InChI is InChI=1S/C12H10F2O2/c13-10-3-1-2-8(6-10)9-4-5-12(15,16)11(14)7-9/h1-7,9,15-16H. The highest BCUT2D eigenvalue weighted by atomic mass is 19.1. The molecule has 1 aliphatic rings. The second-order valence-electron chi connectivity index (χ2n) is 3.68. The number of hydrogen-bond donors (Lipinski definition) is 2. The lowest BCUT2D eigenvalue weighted by atomic mass is 9.92. The summed E-state index contributed by atoms with van der Waals surface area (Å²) >= 11 is 0. The molecule has 0 saturated carbocycles. The van der Waals surface area contributed by atoms with Crippen molar-refractivity contribution in [1.29, 1.82) is 0 Å². The summed E-state index contributed by atoms with van der Waals surface area (Å²) in [6.07, 6.45) is 3.41. The van der Waals surface area contributed by atoms with Crippen LogP contribution in [0.4, 0.5) is 8.78 Å². The fourth-order valence-corrected chi connectivity index (χ4v) is 1.57. The number of benzene rings is 1. The topological polar surface area (TPSA) is 40.5 Å². The van der Waals surface area contributed by atoms with Gasteiger partial charge < -0.3 is 10.2 Å². The zero-order chi connectivity index (χ0) is 11.8. The Morgan fingerprint density at radius 2 is 1.94 bits per heavy atom. The Hall–Kier alpha value is -1.52. The minimum absolute atomic E-state index is 0.412. The summed E-state index contributed by atoms with van der Waals surface area (Å²) in [5.41, 5.74) is 0.557. The van der Waals surface area contributed by atoms with Gasteiger partial charge in [-0.15, -0.1) is 0 Å². The van der Waals surface area contributed by atoms with Gasteiger partial charge >= 0.3 is 0 Å². The molecule has 1 aromatic carbocycles. The van der Waals surface area contributed by atoms with Gasteiger partial charge in [-0.1, -0.05) is 18.2 Å². The fourth-order valence-electron chi connectivity index (χ4n) is 1.57. The van der Waals surface area contributed by atoms with Crippen LogP contribution in [0.1, 0.15) is 11.5 Å². The van der Waals surface area contributed by atoms with E-state index >= 15 is 0 Å². The maximum Gasteiger partial charge on any atom is 0.237 e. The smallest absolute Gasteiger partial charge is 0.237 e. The average Bonchev–Trinajstić information content (AvgIpc) is 2.22. The number of aliphatic hydroxyl groups is 2. The van der Waals surface area contributed by atoms with E-state index in [0.717, 1.165) is 12.2 Å². The Morgan fingerprint density at radius 1 is 1.19 bits per heavy atom. The zero-order valence-corrected chi connectivity index (χ0v) is 8.27. The van der Waals surface area contributed by atoms with E-state index in [1.807, 2.05) is 0 Å². The Bertz CT molecular complexity index is 464. The van der Waals surface area contributed by atoms with Crippen molar-refractivity contribution in [3.63, 3.8) is 0 Å². The molecule has 0 fully saturated rings. The van der Waals surface area contributed by atoms with E-state index in [2.05, 4.69) is 0 Å². The predicted molar refractivity (Wildman–Crippen MR) is 54.6 cm³/mol. The molecule has 0 spiro atoms. The third-order valence-corrected chi connectivity index (χ3v) is 2.45. The Morgan fingerprint density at radius 3 is 2.56 bits per heavy atom. The quantitative estimate of drug-likeness (QED) is 0.566. The van der Waals surface area contributed by atoms with Crippen LogP contribution < -0.4 is 0 Å². The summed E-state index contributed by atoms with van der Waals surface area (Å²) in [6.45, 7) is 0. The third-order valence-electron chi connectivity index (χ3n) is 2.45. The van der Waals surface area contributed by atoms with Gasteiger partial charge in [0.2, 0.25) is 5.79 Å². The molecule has 1 atom stereocenters. The molecule has 0 bridgehead atoms. The van der Waals surface area contributed by atoms with Gasteiger partial charge in [0.15, 0.2) is 5.83 Å². The van der Waals surface area contributed by atoms with Crippen molar-refractivity contribution in [2.24, 2.45) is 0 Å². The molecule has 4 heteroatoms. The highest BCUT2D eigenvalue weighted by molar-refractivity contribution is 5.35. The summed E-state index contributed by atoms with van der Waals surface area (Å²) in [7, 11) is 0. The molecule has 84 valence electrons. The number of hydrogen-bond acceptors (Lipinski definition) is 2. The van der Waals surface area contributed by atoms with Crippen molar-refractivity contribution in [1.82, 2.24) is 0 Å². The van der Waals surface area contributed by atoms with Crippen molar-refractivity contribution in [2.75, 3.05) is 0 Å². The molecule has 1 aromatic rings. The van der Waals surface area contributed by atoms with Crippen LogP contribution in [0.15, 0.2) is 48.3 Å². The first-order chi connectivity index (χ1) is 7.49. The molecular weight excluding hydrogens is 214 g/mol. The Balaban J connectivity index is 2.33. The van der Waals surface area contributed by atoms with Crippen LogP contribution in [0, 0.1) is 5.82 Å². The van der Waals surface area contributed by atoms with Gasteiger partial charge in [0, 0.05) is 5.92 Å². The number of halogens is 2. The van der Waals surface area contributed by atoms with E-state index in [-0.39, 0.29) is 0 Å². The van der Waals surface area contributed by atoms with Crippen molar-refractivity contribution >= 4 is 0 Å². The van der Waals surface area contributed by atoms with Crippen LogP contribution in [0.3, 0.4) is 0 Å². The van der Waals surface area contributed by atoms with E-state index in [0.29, 0.717) is 5.56 Å². The SMILES string of the molecule is OC1(O)C=CC(c2cccc(F)c2)C=C1F. The van der Waals surface area contributed by atoms with Crippen molar-refractivity contribution in [3.05, 3.63) is 59.7 Å². The summed E-state index contributed by atoms with van der Waals surface area (Å²) in [5.74, 6) is -4.49. The Labute approximate surface area is 91.2 Å². The molecule has 0 aliphatic heterocycles. The Kier molecular flexibility index (Phi) is 2.61. The lowest BCUT2D eigenvalue weighted by Gasteiger charge is -2.22. The van der Waals surface area contributed by atoms with Gasteiger partial charge in [0.05, 0.1) is 0 Å². The van der Waals surface area contributed by atoms with Crippen LogP contribution in [0.5, 0.6) is 0 Å². The summed E-state index contributed by atoms with van der Waals surface area (Å²) in [5, 5.41) is 18.2. The van der Waals surface area contributed by atoms with Gasteiger partial charge in [-0.3, -0.25) is 0 Å². The monoisotopic (exact) mass is 224 g/mol. The van der Waals surface area contributed by atoms with Crippen LogP contribution >= 0.6 is 0 Å². The first-order valence-corrected chi connectivity index (χ1v) is 4.76. The molecule has 0 saturated heterocycles. The molecule has 0 aromatic heterocycles. The maximum absolute atomic E-state index is 13.2. The average molecular weight is 224 g/mol. The number of rotatable bonds is 1. The molecule has 2 nitrogen and oxygen atoms in total. The van der Waals surface area contributed by atoms with Crippen LogP contribution in [0.2, 0.25) is 0 Å². The van der Waals surface area contributed by atoms with E-state index < -0.39 is 23.3 Å².